The lowest BCUT2D eigenvalue weighted by molar-refractivity contribution is -0.286. The maximum atomic E-state index is 16.0. The van der Waals surface area contributed by atoms with Crippen molar-refractivity contribution < 1.29 is 262 Å². The molecule has 5 aliphatic heterocycles. The van der Waals surface area contributed by atoms with Crippen LogP contribution in [0.1, 0.15) is 118 Å². The molecule has 1 aliphatic carbocycles. The maximum absolute atomic E-state index is 16.0. The molecule has 0 aromatic heterocycles. The van der Waals surface area contributed by atoms with E-state index in [0.717, 1.165) is 6.92 Å². The number of esters is 10. The zero-order valence-electron chi connectivity index (χ0n) is 68.3. The Morgan fingerprint density at radius 1 is 0.370 bits per heavy atom. The second kappa shape index (κ2) is 34.4. The summed E-state index contributed by atoms with van der Waals surface area (Å²) in [5.74, 6) is -71.7. The summed E-state index contributed by atoms with van der Waals surface area (Å²) in [7, 11) is 0. The molecule has 53 heteroatoms. The van der Waals surface area contributed by atoms with Gasteiger partial charge in [-0.3, -0.25) is 9.59 Å². The summed E-state index contributed by atoms with van der Waals surface area (Å²) < 4.78 is 80.9. The molecule has 9 aromatic rings. The molecule has 2 saturated heterocycles. The summed E-state index contributed by atoms with van der Waals surface area (Å²) in [5.41, 5.74) is -20.4. The largest absolute Gasteiger partial charge is 0.504 e. The van der Waals surface area contributed by atoms with Crippen LogP contribution in [0.2, 0.25) is 0 Å². The summed E-state index contributed by atoms with van der Waals surface area (Å²) in [4.78, 5) is 178. The summed E-state index contributed by atoms with van der Waals surface area (Å²) >= 11 is 0. The molecule has 138 heavy (non-hydrogen) atoms. The number of phenols is 25. The Morgan fingerprint density at radius 3 is 1.27 bits per heavy atom. The van der Waals surface area contributed by atoms with E-state index in [1.165, 1.54) is 0 Å². The fraction of sp³-hybridized carbons (Fsp3) is 0.200. The van der Waals surface area contributed by atoms with Gasteiger partial charge in [-0.05, 0) is 91.9 Å². The monoisotopic (exact) mass is 1930 g/mol. The molecule has 0 unspecified atom stereocenters. The van der Waals surface area contributed by atoms with Crippen LogP contribution in [0.3, 0.4) is 0 Å². The Morgan fingerprint density at radius 2 is 0.768 bits per heavy atom. The standard InChI is InChI=1S/C85H62O53/c1-20(86)17-84(123)47(101)16-29-51-50-28(14-44(100)60(110)67(50)138-85(51,84)124)79(120)134-71-69-65(131-80(29)121)46(128-83(71)137-76(117)25-10-39(95)56(106)40(96)11-25)19-126-77(118)27-13-43(99)59(109)66(49(27)48-26(78(119)133-69)12-41(97)57(107)61(48)111)129-63-30(15-42(98)58(108)62(63)112)81(122)135-70-68(132-74(115)23-6-35(91)54(104)36(92)7-23)64(130-73(114)22-4-33(89)53(103)34(90)5-22)45(18-125-72(113)21-2-31(87)52(102)32(88)3-21)127-82(70)136-75(116)24-8-37(93)55(105)38(94)9-24/h2-16,45-46,51,64-65,68-71,82-83,87-100,102-112,123-124H,17-19H2,1H3/t45-,46-,51+,64-,65-,68+,69-,70-,71-,82+,83+,84+,85-/m1/s1. The number of aliphatic hydroxyl groups is 2. The highest BCUT2D eigenvalue weighted by atomic mass is 16.8. The number of carbonyl (C=O) groups excluding carboxylic acids is 12. The Labute approximate surface area is 759 Å². The predicted octanol–water partition coefficient (Wildman–Crippen LogP) is 2.01. The predicted molar refractivity (Wildman–Crippen MR) is 425 cm³/mol. The molecule has 53 nitrogen and oxygen atoms in total. The first-order valence-corrected chi connectivity index (χ1v) is 38.7. The van der Waals surface area contributed by atoms with E-state index in [1.807, 2.05) is 0 Å². The smallest absolute Gasteiger partial charge is 0.342 e. The second-order valence-electron chi connectivity index (χ2n) is 30.7. The van der Waals surface area contributed by atoms with Crippen molar-refractivity contribution >= 4 is 71.3 Å². The van der Waals surface area contributed by atoms with Crippen LogP contribution in [0.25, 0.3) is 11.1 Å². The molecule has 720 valence electrons. The molecule has 4 bridgehead atoms. The molecule has 2 fully saturated rings. The Hall–Kier alpha value is -18.8. The lowest BCUT2D eigenvalue weighted by Gasteiger charge is -2.45. The van der Waals surface area contributed by atoms with Gasteiger partial charge >= 0.3 is 59.7 Å². The van der Waals surface area contributed by atoms with Crippen LogP contribution in [0.5, 0.6) is 161 Å². The molecule has 0 amide bonds. The number of hydrogen-bond donors (Lipinski definition) is 27. The molecular formula is C85H62O53. The molecule has 0 radical (unpaired) electrons. The van der Waals surface area contributed by atoms with Crippen LogP contribution in [-0.2, 0) is 71.2 Å². The van der Waals surface area contributed by atoms with Crippen molar-refractivity contribution in [2.24, 2.45) is 0 Å². The van der Waals surface area contributed by atoms with Crippen molar-refractivity contribution in [2.75, 3.05) is 13.2 Å². The van der Waals surface area contributed by atoms with Crippen molar-refractivity contribution in [2.45, 2.75) is 92.1 Å². The van der Waals surface area contributed by atoms with Gasteiger partial charge in [-0.2, -0.15) is 0 Å². The summed E-state index contributed by atoms with van der Waals surface area (Å²) in [6, 6.07) is 4.48. The van der Waals surface area contributed by atoms with Crippen LogP contribution in [0.4, 0.5) is 0 Å². The van der Waals surface area contributed by atoms with Gasteiger partial charge in [0.1, 0.15) is 36.8 Å². The van der Waals surface area contributed by atoms with Gasteiger partial charge in [0.05, 0.1) is 56.0 Å². The fourth-order valence-corrected chi connectivity index (χ4v) is 15.4. The molecule has 5 heterocycles. The van der Waals surface area contributed by atoms with Gasteiger partial charge in [0.25, 0.3) is 5.79 Å². The first-order chi connectivity index (χ1) is 64.8. The lowest BCUT2D eigenvalue weighted by Crippen LogP contribution is -2.67. The zero-order chi connectivity index (χ0) is 101. The summed E-state index contributed by atoms with van der Waals surface area (Å²) in [5, 5.41) is 299. The molecule has 0 spiro atoms. The Balaban J connectivity index is 0.897. The number of fused-ring (bicyclic) bond motifs is 3. The first kappa shape index (κ1) is 93.9. The van der Waals surface area contributed by atoms with Crippen molar-refractivity contribution in [1.29, 1.82) is 0 Å². The van der Waals surface area contributed by atoms with E-state index in [-0.39, 0.29) is 24.3 Å². The number of Topliss-reactive ketones (excluding diaryl/α,β-unsaturated/α-hetero) is 1. The second-order valence-corrected chi connectivity index (χ2v) is 30.7. The van der Waals surface area contributed by atoms with Crippen molar-refractivity contribution in [1.82, 2.24) is 0 Å². The average molecular weight is 1930 g/mol. The van der Waals surface area contributed by atoms with Crippen LogP contribution in [0.15, 0.2) is 96.6 Å². The third-order valence-electron chi connectivity index (χ3n) is 22.0. The van der Waals surface area contributed by atoms with Gasteiger partial charge in [-0.15, -0.1) is 0 Å². The number of benzene rings is 9. The molecular weight excluding hydrogens is 1870 g/mol. The van der Waals surface area contributed by atoms with Crippen LogP contribution in [0, 0.1) is 0 Å². The molecule has 15 rings (SSSR count). The van der Waals surface area contributed by atoms with Crippen LogP contribution < -0.4 is 9.47 Å². The molecule has 0 saturated carbocycles. The lowest BCUT2D eigenvalue weighted by atomic mass is 9.67. The molecule has 9 aromatic carbocycles. The van der Waals surface area contributed by atoms with E-state index in [9.17, 15) is 171 Å². The molecule has 13 atom stereocenters. The third kappa shape index (κ3) is 16.0. The minimum atomic E-state index is -3.78. The fourth-order valence-electron chi connectivity index (χ4n) is 15.4. The van der Waals surface area contributed by atoms with Gasteiger partial charge in [0, 0.05) is 29.2 Å². The van der Waals surface area contributed by atoms with Gasteiger partial charge in [0.15, 0.2) is 168 Å². The number of ether oxygens (including phenoxy) is 14. The van der Waals surface area contributed by atoms with E-state index in [1.54, 1.807) is 0 Å². The first-order valence-electron chi connectivity index (χ1n) is 38.7. The van der Waals surface area contributed by atoms with Gasteiger partial charge < -0.3 is 204 Å². The minimum absolute atomic E-state index is 0.00517. The van der Waals surface area contributed by atoms with Gasteiger partial charge in [-0.1, -0.05) is 0 Å². The highest BCUT2D eigenvalue weighted by molar-refractivity contribution is 6.12. The molecule has 6 aliphatic rings. The highest BCUT2D eigenvalue weighted by Gasteiger charge is 2.71. The van der Waals surface area contributed by atoms with Crippen molar-refractivity contribution in [3.63, 3.8) is 0 Å². The number of rotatable bonds is 17. The zero-order valence-corrected chi connectivity index (χ0v) is 68.3. The number of aromatic hydroxyl groups is 25. The third-order valence-corrected chi connectivity index (χ3v) is 22.0. The van der Waals surface area contributed by atoms with E-state index in [4.69, 9.17) is 66.3 Å². The van der Waals surface area contributed by atoms with E-state index in [0.29, 0.717) is 66.7 Å². The van der Waals surface area contributed by atoms with E-state index < -0.39 is 403 Å². The normalized spacial score (nSPS) is 22.3. The maximum Gasteiger partial charge on any atom is 0.342 e. The minimum Gasteiger partial charge on any atom is -0.504 e. The molecule has 27 N–H and O–H groups in total. The highest BCUT2D eigenvalue weighted by Crippen LogP contribution is 2.63. The van der Waals surface area contributed by atoms with E-state index in [2.05, 4.69) is 0 Å². The van der Waals surface area contributed by atoms with Crippen molar-refractivity contribution in [3.05, 3.63) is 152 Å². The Kier molecular flexibility index (Phi) is 23.4. The summed E-state index contributed by atoms with van der Waals surface area (Å²) in [6.07, 6.45) is -30.3. The van der Waals surface area contributed by atoms with Gasteiger partial charge in [-0.25, -0.2) is 47.9 Å². The number of hydrogen-bond acceptors (Lipinski definition) is 53. The van der Waals surface area contributed by atoms with Crippen LogP contribution >= 0.6 is 0 Å². The van der Waals surface area contributed by atoms with Gasteiger partial charge in [0.2, 0.25) is 53.5 Å². The number of phenolic OH excluding ortho intramolecular Hbond substituents is 25. The SMILES string of the molecule is CC(=O)C[C@]1(O)C(=O)C=C2C(=O)O[C@H]3[C@H]4OC(=O)c5cc(O)c(O)c(O)c5-c5c(cc(O)c(O)c5Oc5c(C(=O)O[C@H]6[C@H](OC(=O)c7cc(O)c(O)c(O)c7)O[C@H](COC(=O)c7cc(O)c(O)c(O)c7)[C@@H](OC(=O)c7cc(O)c(O)c(O)c7)[C@@H]6OC(=O)c6cc(O)c(O)c(O)c6)cc(O)c(O)c5O)C(=O)OC[C@H]3O[C@@H](OC(=O)c3cc(O)c(O)c(O)c3)[C@@H]4OC(=O)c3cc(O)c(O)c4c3[C@H]2[C@@]1(O)O4. The Bertz CT molecular complexity index is 6770. The quantitative estimate of drug-likeness (QED) is 0.0352. The number of ketones is 2. The topological polar surface area (TPSA) is 880 Å². The van der Waals surface area contributed by atoms with Crippen LogP contribution in [-0.4, -0.2) is 295 Å². The number of cyclic esters (lactones) is 1. The van der Waals surface area contributed by atoms with Crippen molar-refractivity contribution in [3.8, 4) is 172 Å². The average Bonchev–Trinajstić information content (AvgIpc) is 1.52. The number of carbonyl (C=O) groups is 12. The summed E-state index contributed by atoms with van der Waals surface area (Å²) in [6.45, 7) is -2.52. The van der Waals surface area contributed by atoms with E-state index >= 15 is 24.0 Å².